The van der Waals surface area contributed by atoms with Crippen LogP contribution in [0.2, 0.25) is 0 Å². The largest absolute Gasteiger partial charge is 0.508 e. The highest BCUT2D eigenvalue weighted by Gasteiger charge is 2.31. The Labute approximate surface area is 248 Å². The number of primary amides is 1. The van der Waals surface area contributed by atoms with Crippen LogP contribution in [-0.2, 0) is 43.2 Å². The number of aliphatic carboxylic acids is 1. The molecule has 0 spiro atoms. The number of benzene rings is 3. The SMILES string of the molecule is NC(=O)CC(NC(=O)C(N)Cc1ccccc1)C(=O)NC(Cc1ccc(O)cc1)C(=O)NC(Cc1ccccc1)C(=O)O. The zero-order valence-corrected chi connectivity index (χ0v) is 23.3. The molecule has 3 aromatic rings. The van der Waals surface area contributed by atoms with Gasteiger partial charge in [-0.05, 0) is 35.2 Å². The third kappa shape index (κ3) is 10.6. The molecule has 43 heavy (non-hydrogen) atoms. The molecule has 0 fully saturated rings. The lowest BCUT2D eigenvalue weighted by Gasteiger charge is -2.25. The summed E-state index contributed by atoms with van der Waals surface area (Å²) in [6.45, 7) is 0. The van der Waals surface area contributed by atoms with Gasteiger partial charge < -0.3 is 37.6 Å². The minimum atomic E-state index is -1.46. The van der Waals surface area contributed by atoms with Crippen molar-refractivity contribution in [2.75, 3.05) is 0 Å². The van der Waals surface area contributed by atoms with Crippen molar-refractivity contribution >= 4 is 29.6 Å². The van der Waals surface area contributed by atoms with E-state index < -0.39 is 60.2 Å². The zero-order chi connectivity index (χ0) is 31.4. The number of hydrogen-bond acceptors (Lipinski definition) is 7. The van der Waals surface area contributed by atoms with E-state index in [4.69, 9.17) is 11.5 Å². The van der Waals surface area contributed by atoms with Gasteiger partial charge in [-0.15, -0.1) is 0 Å². The lowest BCUT2D eigenvalue weighted by atomic mass is 10.0. The number of carbonyl (C=O) groups excluding carboxylic acids is 4. The van der Waals surface area contributed by atoms with Crippen LogP contribution in [0, 0.1) is 0 Å². The number of rotatable bonds is 15. The summed E-state index contributed by atoms with van der Waals surface area (Å²) in [6, 6.07) is 18.4. The number of nitrogens with two attached hydrogens (primary N) is 2. The van der Waals surface area contributed by atoms with Crippen molar-refractivity contribution in [3.63, 3.8) is 0 Å². The van der Waals surface area contributed by atoms with Gasteiger partial charge in [0.15, 0.2) is 0 Å². The minimum Gasteiger partial charge on any atom is -0.508 e. The van der Waals surface area contributed by atoms with Crippen LogP contribution in [0.4, 0.5) is 0 Å². The van der Waals surface area contributed by atoms with Crippen molar-refractivity contribution in [1.82, 2.24) is 16.0 Å². The average Bonchev–Trinajstić information content (AvgIpc) is 2.97. The Kier molecular flexibility index (Phi) is 11.8. The van der Waals surface area contributed by atoms with Gasteiger partial charge in [0.25, 0.3) is 0 Å². The number of phenols is 1. The monoisotopic (exact) mass is 589 g/mol. The lowest BCUT2D eigenvalue weighted by molar-refractivity contribution is -0.142. The van der Waals surface area contributed by atoms with Crippen LogP contribution in [-0.4, -0.2) is 64.0 Å². The fourth-order valence-corrected chi connectivity index (χ4v) is 4.32. The van der Waals surface area contributed by atoms with Gasteiger partial charge in [-0.2, -0.15) is 0 Å². The number of carboxylic acids is 1. The Morgan fingerprint density at radius 1 is 0.605 bits per heavy atom. The number of carboxylic acid groups (broad SMARTS) is 1. The zero-order valence-electron chi connectivity index (χ0n) is 23.3. The summed E-state index contributed by atoms with van der Waals surface area (Å²) >= 11 is 0. The number of nitrogens with one attached hydrogen (secondary N) is 3. The van der Waals surface area contributed by atoms with E-state index in [0.29, 0.717) is 11.1 Å². The summed E-state index contributed by atoms with van der Waals surface area (Å²) in [5.41, 5.74) is 13.4. The van der Waals surface area contributed by atoms with Crippen molar-refractivity contribution in [2.24, 2.45) is 11.5 Å². The summed E-state index contributed by atoms with van der Waals surface area (Å²) in [4.78, 5) is 63.4. The standard InChI is InChI=1S/C31H35N5O7/c32-23(15-19-7-3-1-4-8-19)28(39)34-25(18-27(33)38)30(41)35-24(16-21-11-13-22(37)14-12-21)29(40)36-26(31(42)43)17-20-9-5-2-6-10-20/h1-14,23-26,37H,15-18,32H2,(H2,33,38)(H,34,39)(H,35,41)(H,36,40)(H,42,43). The van der Waals surface area contributed by atoms with Gasteiger partial charge >= 0.3 is 5.97 Å². The molecule has 4 atom stereocenters. The first-order chi connectivity index (χ1) is 20.5. The Morgan fingerprint density at radius 2 is 1.05 bits per heavy atom. The van der Waals surface area contributed by atoms with Crippen LogP contribution in [0.1, 0.15) is 23.1 Å². The predicted octanol–water partition coefficient (Wildman–Crippen LogP) is 0.162. The molecule has 4 amide bonds. The Bertz CT molecular complexity index is 1400. The maximum atomic E-state index is 13.4. The molecule has 3 aromatic carbocycles. The second kappa shape index (κ2) is 15.7. The molecule has 0 aromatic heterocycles. The third-order valence-electron chi connectivity index (χ3n) is 6.58. The fraction of sp³-hybridized carbons (Fsp3) is 0.258. The lowest BCUT2D eigenvalue weighted by Crippen LogP contribution is -2.58. The normalized spacial score (nSPS) is 13.5. The molecule has 0 heterocycles. The molecule has 0 aliphatic carbocycles. The first kappa shape index (κ1) is 32.3. The minimum absolute atomic E-state index is 0.0125. The van der Waals surface area contributed by atoms with E-state index in [1.54, 1.807) is 54.6 Å². The first-order valence-corrected chi connectivity index (χ1v) is 13.6. The van der Waals surface area contributed by atoms with Crippen molar-refractivity contribution in [1.29, 1.82) is 0 Å². The highest BCUT2D eigenvalue weighted by Crippen LogP contribution is 2.13. The van der Waals surface area contributed by atoms with E-state index in [1.807, 2.05) is 6.07 Å². The summed E-state index contributed by atoms with van der Waals surface area (Å²) < 4.78 is 0. The number of aromatic hydroxyl groups is 1. The molecule has 226 valence electrons. The van der Waals surface area contributed by atoms with E-state index in [2.05, 4.69) is 16.0 Å². The molecular formula is C31H35N5O7. The van der Waals surface area contributed by atoms with Crippen molar-refractivity contribution in [3.8, 4) is 5.75 Å². The quantitative estimate of drug-likeness (QED) is 0.129. The van der Waals surface area contributed by atoms with E-state index in [0.717, 1.165) is 5.56 Å². The van der Waals surface area contributed by atoms with Gasteiger partial charge in [0.1, 0.15) is 23.9 Å². The van der Waals surface area contributed by atoms with Crippen LogP contribution in [0.3, 0.4) is 0 Å². The van der Waals surface area contributed by atoms with Crippen LogP contribution in [0.5, 0.6) is 5.75 Å². The smallest absolute Gasteiger partial charge is 0.326 e. The molecule has 3 rings (SSSR count). The van der Waals surface area contributed by atoms with E-state index in [-0.39, 0.29) is 25.0 Å². The van der Waals surface area contributed by atoms with Gasteiger partial charge in [0.2, 0.25) is 23.6 Å². The number of carbonyl (C=O) groups is 5. The van der Waals surface area contributed by atoms with Crippen molar-refractivity contribution in [2.45, 2.75) is 49.9 Å². The van der Waals surface area contributed by atoms with Crippen LogP contribution < -0.4 is 27.4 Å². The first-order valence-electron chi connectivity index (χ1n) is 13.6. The molecule has 12 nitrogen and oxygen atoms in total. The second-order valence-corrected chi connectivity index (χ2v) is 10.0. The molecule has 0 radical (unpaired) electrons. The molecule has 12 heteroatoms. The van der Waals surface area contributed by atoms with E-state index in [1.165, 1.54) is 24.3 Å². The fourth-order valence-electron chi connectivity index (χ4n) is 4.32. The maximum absolute atomic E-state index is 13.4. The molecule has 0 bridgehead atoms. The Balaban J connectivity index is 1.78. The molecule has 0 aliphatic heterocycles. The topological polar surface area (TPSA) is 214 Å². The summed E-state index contributed by atoms with van der Waals surface area (Å²) in [6.07, 6.45) is -0.516. The summed E-state index contributed by atoms with van der Waals surface area (Å²) in [7, 11) is 0. The highest BCUT2D eigenvalue weighted by atomic mass is 16.4. The van der Waals surface area contributed by atoms with Gasteiger partial charge in [0, 0.05) is 12.8 Å². The van der Waals surface area contributed by atoms with E-state index >= 15 is 0 Å². The van der Waals surface area contributed by atoms with Gasteiger partial charge in [-0.3, -0.25) is 19.2 Å². The average molecular weight is 590 g/mol. The van der Waals surface area contributed by atoms with Gasteiger partial charge in [0.05, 0.1) is 12.5 Å². The van der Waals surface area contributed by atoms with Crippen molar-refractivity contribution < 1.29 is 34.2 Å². The van der Waals surface area contributed by atoms with Gasteiger partial charge in [-0.1, -0.05) is 72.8 Å². The predicted molar refractivity (Wildman–Crippen MR) is 157 cm³/mol. The Hall–Kier alpha value is -5.23. The summed E-state index contributed by atoms with van der Waals surface area (Å²) in [5.74, 6) is -4.59. The molecule has 4 unspecified atom stereocenters. The number of amides is 4. The molecule has 0 saturated heterocycles. The van der Waals surface area contributed by atoms with Gasteiger partial charge in [-0.25, -0.2) is 4.79 Å². The molecule has 0 saturated carbocycles. The highest BCUT2D eigenvalue weighted by molar-refractivity contribution is 5.96. The number of phenolic OH excluding ortho intramolecular Hbond substituents is 1. The second-order valence-electron chi connectivity index (χ2n) is 10.0. The number of hydrogen-bond donors (Lipinski definition) is 7. The van der Waals surface area contributed by atoms with E-state index in [9.17, 15) is 34.2 Å². The van der Waals surface area contributed by atoms with Crippen LogP contribution in [0.15, 0.2) is 84.9 Å². The Morgan fingerprint density at radius 3 is 1.58 bits per heavy atom. The maximum Gasteiger partial charge on any atom is 0.326 e. The summed E-state index contributed by atoms with van der Waals surface area (Å²) in [5, 5.41) is 26.8. The molecular weight excluding hydrogens is 554 g/mol. The molecule has 9 N–H and O–H groups in total. The molecule has 0 aliphatic rings. The van der Waals surface area contributed by atoms with Crippen LogP contribution in [0.25, 0.3) is 0 Å². The van der Waals surface area contributed by atoms with Crippen molar-refractivity contribution in [3.05, 3.63) is 102 Å². The third-order valence-corrected chi connectivity index (χ3v) is 6.58. The van der Waals surface area contributed by atoms with Crippen LogP contribution >= 0.6 is 0 Å².